The van der Waals surface area contributed by atoms with Gasteiger partial charge in [-0.1, -0.05) is 25.7 Å². The number of carbonyl (C=O) groups is 1. The SMILES string of the molecule is O=C(O)CC1(c2ccco2)CCCCCC1. The Hall–Kier alpha value is -1.25. The van der Waals surface area contributed by atoms with Crippen LogP contribution in [0.5, 0.6) is 0 Å². The Morgan fingerprint density at radius 2 is 2.00 bits per heavy atom. The van der Waals surface area contributed by atoms with Gasteiger partial charge >= 0.3 is 5.97 Å². The molecule has 0 saturated heterocycles. The van der Waals surface area contributed by atoms with Crippen molar-refractivity contribution in [3.8, 4) is 0 Å². The number of furan rings is 1. The summed E-state index contributed by atoms with van der Waals surface area (Å²) in [5.74, 6) is 0.134. The summed E-state index contributed by atoms with van der Waals surface area (Å²) in [5, 5.41) is 9.08. The van der Waals surface area contributed by atoms with Crippen molar-refractivity contribution in [1.82, 2.24) is 0 Å². The molecule has 1 fully saturated rings. The van der Waals surface area contributed by atoms with Crippen LogP contribution in [0, 0.1) is 0 Å². The van der Waals surface area contributed by atoms with Crippen LogP contribution in [-0.4, -0.2) is 11.1 Å². The van der Waals surface area contributed by atoms with Crippen molar-refractivity contribution in [2.75, 3.05) is 0 Å². The minimum atomic E-state index is -0.724. The Morgan fingerprint density at radius 1 is 1.31 bits per heavy atom. The predicted octanol–water partition coefficient (Wildman–Crippen LogP) is 3.35. The largest absolute Gasteiger partial charge is 0.481 e. The fourth-order valence-electron chi connectivity index (χ4n) is 2.79. The number of carboxylic acid groups (broad SMARTS) is 1. The second kappa shape index (κ2) is 4.73. The number of hydrogen-bond donors (Lipinski definition) is 1. The first-order chi connectivity index (χ1) is 7.73. The lowest BCUT2D eigenvalue weighted by Crippen LogP contribution is -2.28. The molecule has 1 N–H and O–H groups in total. The number of rotatable bonds is 3. The molecule has 0 atom stereocenters. The Balaban J connectivity index is 2.26. The molecule has 1 heterocycles. The molecule has 16 heavy (non-hydrogen) atoms. The maximum atomic E-state index is 11.0. The van der Waals surface area contributed by atoms with Crippen molar-refractivity contribution in [3.05, 3.63) is 24.2 Å². The maximum absolute atomic E-state index is 11.0. The Labute approximate surface area is 95.5 Å². The first-order valence-corrected chi connectivity index (χ1v) is 5.99. The van der Waals surface area contributed by atoms with E-state index in [2.05, 4.69) is 0 Å². The highest BCUT2D eigenvalue weighted by molar-refractivity contribution is 5.68. The van der Waals surface area contributed by atoms with Crippen LogP contribution >= 0.6 is 0 Å². The summed E-state index contributed by atoms with van der Waals surface area (Å²) in [7, 11) is 0. The second-order valence-corrected chi connectivity index (χ2v) is 4.74. The zero-order valence-electron chi connectivity index (χ0n) is 9.45. The molecule has 0 aromatic carbocycles. The van der Waals surface area contributed by atoms with Gasteiger partial charge in [0.15, 0.2) is 0 Å². The quantitative estimate of drug-likeness (QED) is 0.798. The first-order valence-electron chi connectivity index (χ1n) is 5.99. The van der Waals surface area contributed by atoms with Gasteiger partial charge in [0, 0.05) is 5.41 Å². The summed E-state index contributed by atoms with van der Waals surface area (Å²) >= 11 is 0. The lowest BCUT2D eigenvalue weighted by molar-refractivity contribution is -0.138. The van der Waals surface area contributed by atoms with Gasteiger partial charge in [0.2, 0.25) is 0 Å². The molecule has 88 valence electrons. The van der Waals surface area contributed by atoms with Gasteiger partial charge in [-0.05, 0) is 25.0 Å². The highest BCUT2D eigenvalue weighted by atomic mass is 16.4. The number of aliphatic carboxylic acids is 1. The molecular weight excluding hydrogens is 204 g/mol. The van der Waals surface area contributed by atoms with Crippen molar-refractivity contribution in [1.29, 1.82) is 0 Å². The molecular formula is C13H18O3. The molecule has 0 unspecified atom stereocenters. The van der Waals surface area contributed by atoms with E-state index in [-0.39, 0.29) is 11.8 Å². The lowest BCUT2D eigenvalue weighted by Gasteiger charge is -2.28. The molecule has 0 amide bonds. The van der Waals surface area contributed by atoms with Gasteiger partial charge in [-0.3, -0.25) is 4.79 Å². The van der Waals surface area contributed by atoms with Gasteiger partial charge in [0.05, 0.1) is 12.7 Å². The van der Waals surface area contributed by atoms with E-state index in [4.69, 9.17) is 9.52 Å². The molecule has 0 radical (unpaired) electrons. The standard InChI is InChI=1S/C13H18O3/c14-12(15)10-13(11-6-5-9-16-11)7-3-1-2-4-8-13/h5-6,9H,1-4,7-8,10H2,(H,14,15). The van der Waals surface area contributed by atoms with E-state index >= 15 is 0 Å². The molecule has 3 heteroatoms. The summed E-state index contributed by atoms with van der Waals surface area (Å²) in [6.45, 7) is 0. The third-order valence-electron chi connectivity index (χ3n) is 3.59. The summed E-state index contributed by atoms with van der Waals surface area (Å²) in [6.07, 6.45) is 8.34. The van der Waals surface area contributed by atoms with Gasteiger partial charge in [-0.15, -0.1) is 0 Å². The molecule has 1 aromatic rings. The van der Waals surface area contributed by atoms with Crippen LogP contribution in [0.25, 0.3) is 0 Å². The Morgan fingerprint density at radius 3 is 2.50 bits per heavy atom. The summed E-state index contributed by atoms with van der Waals surface area (Å²) in [4.78, 5) is 11.0. The van der Waals surface area contributed by atoms with E-state index in [0.29, 0.717) is 0 Å². The fraction of sp³-hybridized carbons (Fsp3) is 0.615. The topological polar surface area (TPSA) is 50.4 Å². The average molecular weight is 222 g/mol. The van der Waals surface area contributed by atoms with Crippen LogP contribution in [0.4, 0.5) is 0 Å². The van der Waals surface area contributed by atoms with Crippen LogP contribution in [0.2, 0.25) is 0 Å². The molecule has 0 spiro atoms. The minimum absolute atomic E-state index is 0.195. The summed E-state index contributed by atoms with van der Waals surface area (Å²) in [6, 6.07) is 3.78. The van der Waals surface area contributed by atoms with Crippen LogP contribution in [0.3, 0.4) is 0 Å². The highest BCUT2D eigenvalue weighted by Gasteiger charge is 2.37. The minimum Gasteiger partial charge on any atom is -0.481 e. The van der Waals surface area contributed by atoms with E-state index < -0.39 is 5.97 Å². The van der Waals surface area contributed by atoms with Crippen molar-refractivity contribution in [3.63, 3.8) is 0 Å². The maximum Gasteiger partial charge on any atom is 0.304 e. The van der Waals surface area contributed by atoms with Crippen LogP contribution in [0.1, 0.15) is 50.7 Å². The number of hydrogen-bond acceptors (Lipinski definition) is 2. The molecule has 3 nitrogen and oxygen atoms in total. The van der Waals surface area contributed by atoms with Crippen LogP contribution < -0.4 is 0 Å². The molecule has 1 saturated carbocycles. The van der Waals surface area contributed by atoms with Crippen molar-refractivity contribution in [2.45, 2.75) is 50.4 Å². The smallest absolute Gasteiger partial charge is 0.304 e. The monoisotopic (exact) mass is 222 g/mol. The van der Waals surface area contributed by atoms with Gasteiger partial charge in [-0.25, -0.2) is 0 Å². The van der Waals surface area contributed by atoms with E-state index in [1.54, 1.807) is 6.26 Å². The lowest BCUT2D eigenvalue weighted by atomic mass is 9.75. The average Bonchev–Trinajstić information content (AvgIpc) is 2.67. The zero-order chi connectivity index (χ0) is 11.4. The van der Waals surface area contributed by atoms with Gasteiger partial charge in [0.1, 0.15) is 5.76 Å². The normalized spacial score (nSPS) is 20.2. The molecule has 0 aliphatic heterocycles. The van der Waals surface area contributed by atoms with E-state index in [0.717, 1.165) is 31.4 Å². The predicted molar refractivity (Wildman–Crippen MR) is 60.3 cm³/mol. The molecule has 0 bridgehead atoms. The highest BCUT2D eigenvalue weighted by Crippen LogP contribution is 2.41. The molecule has 1 aromatic heterocycles. The van der Waals surface area contributed by atoms with Crippen molar-refractivity contribution >= 4 is 5.97 Å². The van der Waals surface area contributed by atoms with E-state index in [1.807, 2.05) is 12.1 Å². The first kappa shape index (κ1) is 11.2. The molecule has 2 rings (SSSR count). The Bertz CT molecular complexity index is 332. The van der Waals surface area contributed by atoms with Crippen molar-refractivity contribution < 1.29 is 14.3 Å². The molecule has 1 aliphatic carbocycles. The second-order valence-electron chi connectivity index (χ2n) is 4.74. The third-order valence-corrected chi connectivity index (χ3v) is 3.59. The Kier molecular flexibility index (Phi) is 3.32. The molecule has 1 aliphatic rings. The third kappa shape index (κ3) is 2.29. The summed E-state index contributed by atoms with van der Waals surface area (Å²) in [5.41, 5.74) is -0.258. The summed E-state index contributed by atoms with van der Waals surface area (Å²) < 4.78 is 5.47. The zero-order valence-corrected chi connectivity index (χ0v) is 9.45. The van der Waals surface area contributed by atoms with Crippen LogP contribution in [-0.2, 0) is 10.2 Å². The van der Waals surface area contributed by atoms with E-state index in [9.17, 15) is 4.79 Å². The number of carboxylic acids is 1. The van der Waals surface area contributed by atoms with Gasteiger partial charge < -0.3 is 9.52 Å². The van der Waals surface area contributed by atoms with Crippen molar-refractivity contribution in [2.24, 2.45) is 0 Å². The van der Waals surface area contributed by atoms with Crippen LogP contribution in [0.15, 0.2) is 22.8 Å². The van der Waals surface area contributed by atoms with E-state index in [1.165, 1.54) is 12.8 Å². The fourth-order valence-corrected chi connectivity index (χ4v) is 2.79. The van der Waals surface area contributed by atoms with Gasteiger partial charge in [0.25, 0.3) is 0 Å². The van der Waals surface area contributed by atoms with Gasteiger partial charge in [-0.2, -0.15) is 0 Å².